The van der Waals surface area contributed by atoms with Crippen LogP contribution in [0.25, 0.3) is 0 Å². The van der Waals surface area contributed by atoms with Gasteiger partial charge in [0.25, 0.3) is 5.91 Å². The van der Waals surface area contributed by atoms with Crippen molar-refractivity contribution in [2.75, 3.05) is 43.4 Å². The van der Waals surface area contributed by atoms with Gasteiger partial charge in [0.05, 0.1) is 18.1 Å². The molecule has 0 bridgehead atoms. The second kappa shape index (κ2) is 7.22. The largest absolute Gasteiger partial charge is 0.338 e. The highest BCUT2D eigenvalue weighted by atomic mass is 127. The van der Waals surface area contributed by atoms with Gasteiger partial charge < -0.3 is 15.1 Å². The second-order valence-electron chi connectivity index (χ2n) is 5.53. The van der Waals surface area contributed by atoms with Crippen LogP contribution in [0, 0.1) is 3.57 Å². The fourth-order valence-corrected chi connectivity index (χ4v) is 2.93. The Morgan fingerprint density at radius 3 is 2.52 bits per heavy atom. The number of amides is 1. The van der Waals surface area contributed by atoms with Crippen LogP contribution in [0.3, 0.4) is 0 Å². The highest BCUT2D eigenvalue weighted by Crippen LogP contribution is 2.14. The highest BCUT2D eigenvalue weighted by Gasteiger charge is 2.16. The van der Waals surface area contributed by atoms with E-state index in [4.69, 9.17) is 0 Å². The number of likely N-dealkylation sites (N-methyl/N-ethyl adjacent to an activating group) is 1. The van der Waals surface area contributed by atoms with Gasteiger partial charge in [-0.25, -0.2) is 9.97 Å². The number of nitrogens with zero attached hydrogens (tertiary/aromatic N) is 4. The van der Waals surface area contributed by atoms with Crippen molar-refractivity contribution in [1.29, 1.82) is 0 Å². The summed E-state index contributed by atoms with van der Waals surface area (Å²) in [6.07, 6.45) is 3.32. The van der Waals surface area contributed by atoms with E-state index in [1.807, 2.05) is 18.2 Å². The number of rotatable bonds is 3. The lowest BCUT2D eigenvalue weighted by Gasteiger charge is -2.32. The quantitative estimate of drug-likeness (QED) is 0.767. The highest BCUT2D eigenvalue weighted by molar-refractivity contribution is 14.1. The molecular weight excluding hydrogens is 405 g/mol. The molecule has 3 rings (SSSR count). The van der Waals surface area contributed by atoms with Gasteiger partial charge in [0, 0.05) is 35.3 Å². The minimum atomic E-state index is -0.153. The minimum absolute atomic E-state index is 0.153. The van der Waals surface area contributed by atoms with E-state index in [2.05, 4.69) is 54.7 Å². The Balaban J connectivity index is 1.64. The van der Waals surface area contributed by atoms with Gasteiger partial charge in [-0.05, 0) is 47.8 Å². The van der Waals surface area contributed by atoms with Gasteiger partial charge in [-0.1, -0.05) is 6.07 Å². The summed E-state index contributed by atoms with van der Waals surface area (Å²) in [6.45, 7) is 3.86. The Bertz CT molecular complexity index is 683. The van der Waals surface area contributed by atoms with E-state index in [9.17, 15) is 4.79 Å². The molecule has 1 aliphatic rings. The summed E-state index contributed by atoms with van der Waals surface area (Å²) in [4.78, 5) is 25.4. The van der Waals surface area contributed by atoms with Crippen LogP contribution in [0.5, 0.6) is 0 Å². The van der Waals surface area contributed by atoms with Gasteiger partial charge in [-0.15, -0.1) is 0 Å². The van der Waals surface area contributed by atoms with Crippen molar-refractivity contribution < 1.29 is 4.79 Å². The molecule has 0 aliphatic carbocycles. The molecule has 1 amide bonds. The second-order valence-corrected chi connectivity index (χ2v) is 6.77. The first kappa shape index (κ1) is 16.1. The van der Waals surface area contributed by atoms with Crippen molar-refractivity contribution in [1.82, 2.24) is 14.9 Å². The standard InChI is InChI=1S/C16H18IN5O/c1-21-5-7-22(8-6-21)16-18-10-14(11-19-16)20-15(23)12-3-2-4-13(17)9-12/h2-4,9-11H,5-8H2,1H3,(H,20,23). The fraction of sp³-hybridized carbons (Fsp3) is 0.312. The Morgan fingerprint density at radius 2 is 1.87 bits per heavy atom. The third-order valence-corrected chi connectivity index (χ3v) is 4.44. The number of carbonyl (C=O) groups is 1. The van der Waals surface area contributed by atoms with Crippen LogP contribution in [-0.2, 0) is 0 Å². The Morgan fingerprint density at radius 1 is 1.17 bits per heavy atom. The molecule has 23 heavy (non-hydrogen) atoms. The molecule has 1 N–H and O–H groups in total. The van der Waals surface area contributed by atoms with Gasteiger partial charge in [-0.2, -0.15) is 0 Å². The van der Waals surface area contributed by atoms with Crippen molar-refractivity contribution in [2.45, 2.75) is 0 Å². The van der Waals surface area contributed by atoms with Crippen LogP contribution in [0.15, 0.2) is 36.7 Å². The van der Waals surface area contributed by atoms with Gasteiger partial charge in [0.15, 0.2) is 0 Å². The van der Waals surface area contributed by atoms with Gasteiger partial charge in [0.1, 0.15) is 0 Å². The molecule has 1 saturated heterocycles. The number of halogens is 1. The monoisotopic (exact) mass is 423 g/mol. The van der Waals surface area contributed by atoms with Crippen LogP contribution in [0.1, 0.15) is 10.4 Å². The number of benzene rings is 1. The van der Waals surface area contributed by atoms with Crippen LogP contribution in [0.4, 0.5) is 11.6 Å². The number of aromatic nitrogens is 2. The van der Waals surface area contributed by atoms with Crippen LogP contribution in [-0.4, -0.2) is 54.0 Å². The molecule has 0 saturated carbocycles. The fourth-order valence-electron chi connectivity index (χ4n) is 2.39. The lowest BCUT2D eigenvalue weighted by Crippen LogP contribution is -2.45. The Hall–Kier alpha value is -1.74. The maximum Gasteiger partial charge on any atom is 0.255 e. The zero-order valence-electron chi connectivity index (χ0n) is 12.9. The predicted octanol–water partition coefficient (Wildman–Crippen LogP) is 2.09. The lowest BCUT2D eigenvalue weighted by molar-refractivity contribution is 0.102. The molecule has 0 atom stereocenters. The molecule has 1 aromatic carbocycles. The van der Waals surface area contributed by atoms with E-state index < -0.39 is 0 Å². The van der Waals surface area contributed by atoms with Crippen molar-refractivity contribution in [2.24, 2.45) is 0 Å². The van der Waals surface area contributed by atoms with E-state index in [1.165, 1.54) is 0 Å². The molecule has 6 nitrogen and oxygen atoms in total. The number of carbonyl (C=O) groups excluding carboxylic acids is 1. The van der Waals surface area contributed by atoms with Crippen molar-refractivity contribution in [3.63, 3.8) is 0 Å². The summed E-state index contributed by atoms with van der Waals surface area (Å²) in [6, 6.07) is 7.45. The smallest absolute Gasteiger partial charge is 0.255 e. The number of hydrogen-bond acceptors (Lipinski definition) is 5. The molecule has 7 heteroatoms. The molecule has 1 fully saturated rings. The summed E-state index contributed by atoms with van der Waals surface area (Å²) < 4.78 is 1.02. The zero-order valence-corrected chi connectivity index (χ0v) is 15.0. The van der Waals surface area contributed by atoms with E-state index in [0.717, 1.165) is 29.7 Å². The number of hydrogen-bond donors (Lipinski definition) is 1. The average Bonchev–Trinajstić information content (AvgIpc) is 2.56. The normalized spacial score (nSPS) is 15.5. The zero-order chi connectivity index (χ0) is 16.2. The molecule has 120 valence electrons. The first-order valence-electron chi connectivity index (χ1n) is 7.44. The van der Waals surface area contributed by atoms with Crippen molar-refractivity contribution in [3.05, 3.63) is 45.8 Å². The van der Waals surface area contributed by atoms with Gasteiger partial charge in [0.2, 0.25) is 5.95 Å². The van der Waals surface area contributed by atoms with Crippen LogP contribution in [0.2, 0.25) is 0 Å². The van der Waals surface area contributed by atoms with E-state index in [0.29, 0.717) is 17.2 Å². The van der Waals surface area contributed by atoms with Crippen molar-refractivity contribution >= 4 is 40.1 Å². The Kier molecular flexibility index (Phi) is 5.06. The van der Waals surface area contributed by atoms with E-state index in [-0.39, 0.29) is 5.91 Å². The summed E-state index contributed by atoms with van der Waals surface area (Å²) in [5.41, 5.74) is 1.23. The maximum absolute atomic E-state index is 12.2. The summed E-state index contributed by atoms with van der Waals surface area (Å²) in [7, 11) is 2.11. The maximum atomic E-state index is 12.2. The third-order valence-electron chi connectivity index (χ3n) is 3.77. The molecule has 1 aromatic heterocycles. The molecular formula is C16H18IN5O. The van der Waals surface area contributed by atoms with Crippen LogP contribution >= 0.6 is 22.6 Å². The SMILES string of the molecule is CN1CCN(c2ncc(NC(=O)c3cccc(I)c3)cn2)CC1. The molecule has 2 aromatic rings. The topological polar surface area (TPSA) is 61.4 Å². The first-order chi connectivity index (χ1) is 11.1. The lowest BCUT2D eigenvalue weighted by atomic mass is 10.2. The molecule has 0 unspecified atom stereocenters. The number of piperazine rings is 1. The number of anilines is 2. The Labute approximate surface area is 149 Å². The van der Waals surface area contributed by atoms with Crippen LogP contribution < -0.4 is 10.2 Å². The third kappa shape index (κ3) is 4.17. The van der Waals surface area contributed by atoms with Crippen molar-refractivity contribution in [3.8, 4) is 0 Å². The summed E-state index contributed by atoms with van der Waals surface area (Å²) >= 11 is 2.19. The molecule has 0 radical (unpaired) electrons. The number of nitrogens with one attached hydrogen (secondary N) is 1. The average molecular weight is 423 g/mol. The molecule has 1 aliphatic heterocycles. The minimum Gasteiger partial charge on any atom is -0.338 e. The summed E-state index contributed by atoms with van der Waals surface area (Å²) in [5, 5.41) is 2.83. The van der Waals surface area contributed by atoms with E-state index in [1.54, 1.807) is 18.5 Å². The molecule has 0 spiro atoms. The van der Waals surface area contributed by atoms with E-state index >= 15 is 0 Å². The van der Waals surface area contributed by atoms with Gasteiger partial charge >= 0.3 is 0 Å². The van der Waals surface area contributed by atoms with Gasteiger partial charge in [-0.3, -0.25) is 4.79 Å². The first-order valence-corrected chi connectivity index (χ1v) is 8.52. The summed E-state index contributed by atoms with van der Waals surface area (Å²) in [5.74, 6) is 0.560. The predicted molar refractivity (Wildman–Crippen MR) is 98.9 cm³/mol. The molecule has 2 heterocycles.